The van der Waals surface area contributed by atoms with Crippen LogP contribution in [0.25, 0.3) is 10.9 Å². The molecule has 0 saturated carbocycles. The number of hydrogen-bond acceptors (Lipinski definition) is 5. The number of nitrogens with one attached hydrogen (secondary N) is 3. The van der Waals surface area contributed by atoms with Crippen molar-refractivity contribution in [1.29, 1.82) is 0 Å². The fraction of sp³-hybridized carbons (Fsp3) is 0.300. The van der Waals surface area contributed by atoms with Crippen LogP contribution >= 0.6 is 48.0 Å². The lowest BCUT2D eigenvalue weighted by atomic mass is 10.2. The quantitative estimate of drug-likeness (QED) is 0.363. The van der Waals surface area contributed by atoms with E-state index < -0.39 is 0 Å². The van der Waals surface area contributed by atoms with Crippen molar-refractivity contribution in [3.05, 3.63) is 62.4 Å². The highest BCUT2D eigenvalue weighted by molar-refractivity contribution is 6.35. The molecule has 0 unspecified atom stereocenters. The Morgan fingerprint density at radius 3 is 2.67 bits per heavy atom. The van der Waals surface area contributed by atoms with Gasteiger partial charge >= 0.3 is 0 Å². The summed E-state index contributed by atoms with van der Waals surface area (Å²) in [5.74, 6) is 1.14. The van der Waals surface area contributed by atoms with E-state index >= 15 is 0 Å². The topological polar surface area (TPSA) is 79.0 Å². The molecule has 3 rings (SSSR count). The maximum atomic E-state index is 12.1. The van der Waals surface area contributed by atoms with Crippen molar-refractivity contribution >= 4 is 64.9 Å². The van der Waals surface area contributed by atoms with Gasteiger partial charge in [-0.25, -0.2) is 4.98 Å². The molecule has 30 heavy (non-hydrogen) atoms. The molecule has 0 aliphatic heterocycles. The summed E-state index contributed by atoms with van der Waals surface area (Å²) >= 11 is 12.3. The lowest BCUT2D eigenvalue weighted by molar-refractivity contribution is 0.335. The third kappa shape index (κ3) is 6.93. The Bertz CT molecular complexity index is 1010. The minimum atomic E-state index is -0.146. The molecule has 0 bridgehead atoms. The maximum Gasteiger partial charge on any atom is 0.260 e. The maximum absolute atomic E-state index is 12.1. The Morgan fingerprint density at radius 2 is 1.90 bits per heavy atom. The molecule has 10 heteroatoms. The Morgan fingerprint density at radius 1 is 1.13 bits per heavy atom. The van der Waals surface area contributed by atoms with Gasteiger partial charge in [0.05, 0.1) is 22.5 Å². The van der Waals surface area contributed by atoms with Crippen LogP contribution in [-0.4, -0.2) is 29.7 Å². The summed E-state index contributed by atoms with van der Waals surface area (Å²) in [4.78, 5) is 19.2. The minimum Gasteiger partial charge on any atom is -0.492 e. The van der Waals surface area contributed by atoms with Gasteiger partial charge in [0, 0.05) is 23.7 Å². The molecule has 1 aromatic heterocycles. The number of nitrogens with zero attached hydrogens (tertiary/aromatic N) is 1. The van der Waals surface area contributed by atoms with Gasteiger partial charge in [0.25, 0.3) is 5.56 Å². The fourth-order valence-electron chi connectivity index (χ4n) is 2.86. The zero-order valence-corrected chi connectivity index (χ0v) is 19.5. The Labute approximate surface area is 197 Å². The van der Waals surface area contributed by atoms with Gasteiger partial charge in [0.2, 0.25) is 5.95 Å². The highest BCUT2D eigenvalue weighted by atomic mass is 35.5. The van der Waals surface area contributed by atoms with Crippen molar-refractivity contribution < 1.29 is 4.74 Å². The zero-order chi connectivity index (χ0) is 19.9. The van der Waals surface area contributed by atoms with Crippen molar-refractivity contribution in [1.82, 2.24) is 15.3 Å². The SMILES string of the molecule is CCOc1c(Cl)cc(Cl)cc1CNCCCNc1nc2ccccc2c(=O)[nH]1.Cl.Cl. The molecule has 3 N–H and O–H groups in total. The summed E-state index contributed by atoms with van der Waals surface area (Å²) in [5, 5.41) is 8.18. The molecule has 0 atom stereocenters. The molecule has 0 saturated heterocycles. The van der Waals surface area contributed by atoms with E-state index in [1.165, 1.54) is 0 Å². The summed E-state index contributed by atoms with van der Waals surface area (Å²) < 4.78 is 5.62. The number of hydrogen-bond donors (Lipinski definition) is 3. The van der Waals surface area contributed by atoms with Gasteiger partial charge < -0.3 is 15.4 Å². The van der Waals surface area contributed by atoms with Gasteiger partial charge in [-0.1, -0.05) is 35.3 Å². The van der Waals surface area contributed by atoms with Crippen LogP contribution in [0.1, 0.15) is 18.9 Å². The van der Waals surface area contributed by atoms with E-state index in [0.29, 0.717) is 52.3 Å². The average Bonchev–Trinajstić information content (AvgIpc) is 2.67. The predicted molar refractivity (Wildman–Crippen MR) is 129 cm³/mol. The van der Waals surface area contributed by atoms with Gasteiger partial charge in [-0.15, -0.1) is 24.8 Å². The first-order chi connectivity index (χ1) is 13.6. The number of ether oxygens (including phenoxy) is 1. The van der Waals surface area contributed by atoms with Crippen molar-refractivity contribution in [3.63, 3.8) is 0 Å². The molecule has 0 aliphatic rings. The molecule has 0 amide bonds. The number of H-pyrrole nitrogens is 1. The second-order valence-electron chi connectivity index (χ2n) is 6.20. The van der Waals surface area contributed by atoms with Crippen LogP contribution in [0.15, 0.2) is 41.2 Å². The molecule has 1 heterocycles. The van der Waals surface area contributed by atoms with Crippen LogP contribution in [-0.2, 0) is 6.54 Å². The van der Waals surface area contributed by atoms with Crippen molar-refractivity contribution in [3.8, 4) is 5.75 Å². The highest BCUT2D eigenvalue weighted by Crippen LogP contribution is 2.32. The van der Waals surface area contributed by atoms with E-state index in [4.69, 9.17) is 27.9 Å². The highest BCUT2D eigenvalue weighted by Gasteiger charge is 2.10. The molecule has 0 fully saturated rings. The number of rotatable bonds is 9. The van der Waals surface area contributed by atoms with Crippen molar-refractivity contribution in [2.24, 2.45) is 0 Å². The molecular weight excluding hydrogens is 470 g/mol. The van der Waals surface area contributed by atoms with Crippen molar-refractivity contribution in [2.75, 3.05) is 25.0 Å². The van der Waals surface area contributed by atoms with E-state index in [9.17, 15) is 4.79 Å². The Kier molecular flexibility index (Phi) is 11.3. The monoisotopic (exact) mass is 492 g/mol. The number of aromatic nitrogens is 2. The van der Waals surface area contributed by atoms with Gasteiger partial charge in [0.1, 0.15) is 5.75 Å². The first-order valence-corrected chi connectivity index (χ1v) is 9.88. The van der Waals surface area contributed by atoms with Crippen LogP contribution in [0.4, 0.5) is 5.95 Å². The predicted octanol–water partition coefficient (Wildman–Crippen LogP) is 5.06. The second-order valence-corrected chi connectivity index (χ2v) is 7.04. The number of benzene rings is 2. The number of halogens is 4. The Balaban J connectivity index is 0.00000225. The van der Waals surface area contributed by atoms with Crippen LogP contribution < -0.4 is 20.9 Å². The Hall–Kier alpha value is -1.70. The molecule has 0 spiro atoms. The fourth-order valence-corrected chi connectivity index (χ4v) is 3.45. The van der Waals surface area contributed by atoms with Crippen molar-refractivity contribution in [2.45, 2.75) is 19.9 Å². The van der Waals surface area contributed by atoms with Crippen LogP contribution in [0.2, 0.25) is 10.0 Å². The molecule has 6 nitrogen and oxygen atoms in total. The molecule has 164 valence electrons. The lowest BCUT2D eigenvalue weighted by Gasteiger charge is -2.13. The smallest absolute Gasteiger partial charge is 0.260 e. The van der Waals surface area contributed by atoms with Crippen LogP contribution in [0, 0.1) is 0 Å². The van der Waals surface area contributed by atoms with E-state index in [2.05, 4.69) is 20.6 Å². The summed E-state index contributed by atoms with van der Waals surface area (Å²) in [6.45, 7) is 4.48. The summed E-state index contributed by atoms with van der Waals surface area (Å²) in [6, 6.07) is 10.8. The minimum absolute atomic E-state index is 0. The van der Waals surface area contributed by atoms with E-state index in [-0.39, 0.29) is 30.4 Å². The molecular formula is C20H24Cl4N4O2. The largest absolute Gasteiger partial charge is 0.492 e. The third-order valence-corrected chi connectivity index (χ3v) is 4.62. The summed E-state index contributed by atoms with van der Waals surface area (Å²) in [5.41, 5.74) is 1.45. The number of fused-ring (bicyclic) bond motifs is 1. The first kappa shape index (κ1) is 26.3. The number of aromatic amines is 1. The third-order valence-electron chi connectivity index (χ3n) is 4.13. The summed E-state index contributed by atoms with van der Waals surface area (Å²) in [6.07, 6.45) is 0.842. The van der Waals surface area contributed by atoms with Crippen LogP contribution in [0.3, 0.4) is 0 Å². The lowest BCUT2D eigenvalue weighted by Crippen LogP contribution is -2.20. The molecule has 0 radical (unpaired) electrons. The first-order valence-electron chi connectivity index (χ1n) is 9.13. The van der Waals surface area contributed by atoms with Gasteiger partial charge in [-0.2, -0.15) is 0 Å². The average molecular weight is 494 g/mol. The zero-order valence-electron chi connectivity index (χ0n) is 16.3. The van der Waals surface area contributed by atoms with Crippen LogP contribution in [0.5, 0.6) is 5.75 Å². The molecule has 3 aromatic rings. The normalized spacial score (nSPS) is 10.2. The number of para-hydroxylation sites is 1. The van der Waals surface area contributed by atoms with E-state index in [0.717, 1.165) is 18.5 Å². The van der Waals surface area contributed by atoms with E-state index in [1.54, 1.807) is 12.1 Å². The van der Waals surface area contributed by atoms with Gasteiger partial charge in [-0.3, -0.25) is 9.78 Å². The van der Waals surface area contributed by atoms with Gasteiger partial charge in [0.15, 0.2) is 0 Å². The van der Waals surface area contributed by atoms with Gasteiger partial charge in [-0.05, 0) is 44.2 Å². The standard InChI is InChI=1S/C20H22Cl2N4O2.2ClH/c1-2-28-18-13(10-14(21)11-16(18)22)12-23-8-5-9-24-20-25-17-7-4-3-6-15(17)19(27)26-20;;/h3-4,6-7,10-11,23H,2,5,8-9,12H2,1H3,(H2,24,25,26,27);2*1H. The molecule has 2 aromatic carbocycles. The second kappa shape index (κ2) is 12.9. The van der Waals surface area contributed by atoms with E-state index in [1.807, 2.05) is 31.2 Å². The molecule has 0 aliphatic carbocycles. The summed E-state index contributed by atoms with van der Waals surface area (Å²) in [7, 11) is 0. The number of anilines is 1.